The van der Waals surface area contributed by atoms with Gasteiger partial charge in [0.05, 0.1) is 83.9 Å². The van der Waals surface area contributed by atoms with Gasteiger partial charge in [-0.2, -0.15) is 18.4 Å². The van der Waals surface area contributed by atoms with Crippen molar-refractivity contribution in [2.75, 3.05) is 93.1 Å². The highest BCUT2D eigenvalue weighted by molar-refractivity contribution is 8.00. The largest absolute Gasteiger partial charge is 0.495 e. The Labute approximate surface area is 722 Å². The van der Waals surface area contributed by atoms with Crippen molar-refractivity contribution in [1.29, 1.82) is 5.26 Å². The number of hydrogen-bond donors (Lipinski definition) is 0. The molecular weight excluding hydrogens is 1620 g/mol. The Morgan fingerprint density at radius 1 is 0.429 bits per heavy atom. The number of anilines is 5. The predicted octanol–water partition coefficient (Wildman–Crippen LogP) is 20.3. The number of carbonyl (C=O) groups is 5. The number of fused-ring (bicyclic) bond motifs is 5. The Hall–Kier alpha value is -9.68. The lowest BCUT2D eigenvalue weighted by Gasteiger charge is -2.31. The van der Waals surface area contributed by atoms with Gasteiger partial charge in [-0.05, 0) is 252 Å². The second-order valence-corrected chi connectivity index (χ2v) is 34.8. The number of methoxy groups -OCH3 is 1. The van der Waals surface area contributed by atoms with Gasteiger partial charge in [0.2, 0.25) is 29.5 Å². The first-order valence-corrected chi connectivity index (χ1v) is 45.2. The third-order valence-electron chi connectivity index (χ3n) is 21.3. The summed E-state index contributed by atoms with van der Waals surface area (Å²) in [5.74, 6) is 2.84. The van der Waals surface area contributed by atoms with Crippen LogP contribution in [0.25, 0.3) is 0 Å². The Morgan fingerprint density at radius 3 is 1.26 bits per heavy atom. The van der Waals surface area contributed by atoms with Gasteiger partial charge in [0, 0.05) is 86.5 Å². The summed E-state index contributed by atoms with van der Waals surface area (Å²) in [4.78, 5) is 94.3. The number of alkyl halides is 3. The fraction of sp³-hybridized carbons (Fsp3) is 0.344. The van der Waals surface area contributed by atoms with Crippen molar-refractivity contribution >= 4 is 128 Å². The minimum atomic E-state index is -4.41. The van der Waals surface area contributed by atoms with E-state index < -0.39 is 11.7 Å². The van der Waals surface area contributed by atoms with Gasteiger partial charge in [0.1, 0.15) is 10.8 Å². The number of nitrogens with zero attached hydrogens (tertiary/aromatic N) is 11. The SMILES string of the molecule is CCc1cc(C(F)(F)F)cnc1SCC(=O)N1CCCc2cccc(C)c21.COc1cccc2c1N(C(=O)CSc1ncccc1Cl)CCC2.Cc1cccc2c1N(C(=O)CSc1cc(C#N)ccn1)CCC2.Cc1ccnc(SCC(=O)N2CCCc3cccc(C)c32)c1C.Cc1cnc(SCC(=O)N2CCCc3cccc(C)c32)cc1C. The molecule has 620 valence electrons. The Balaban J connectivity index is 0.000000146. The molecule has 0 saturated heterocycles. The number of amides is 5. The number of hydrogen-bond acceptors (Lipinski definition) is 17. The van der Waals surface area contributed by atoms with Crippen LogP contribution in [0.3, 0.4) is 0 Å². The zero-order chi connectivity index (χ0) is 84.9. The van der Waals surface area contributed by atoms with Crippen molar-refractivity contribution < 1.29 is 41.9 Å². The third kappa shape index (κ3) is 23.5. The highest BCUT2D eigenvalue weighted by Crippen LogP contribution is 2.41. The van der Waals surface area contributed by atoms with Gasteiger partial charge in [-0.25, -0.2) is 24.9 Å². The van der Waals surface area contributed by atoms with Crippen LogP contribution in [-0.2, 0) is 68.7 Å². The van der Waals surface area contributed by atoms with Crippen molar-refractivity contribution in [3.63, 3.8) is 0 Å². The second kappa shape index (κ2) is 43.0. The fourth-order valence-electron chi connectivity index (χ4n) is 15.0. The molecule has 26 heteroatoms. The molecule has 0 unspecified atom stereocenters. The van der Waals surface area contributed by atoms with Crippen LogP contribution in [0.1, 0.15) is 128 Å². The van der Waals surface area contributed by atoms with Crippen LogP contribution in [-0.4, -0.2) is 123 Å². The van der Waals surface area contributed by atoms with E-state index in [9.17, 15) is 37.1 Å². The van der Waals surface area contributed by atoms with E-state index in [1.54, 1.807) is 67.4 Å². The van der Waals surface area contributed by atoms with E-state index in [0.29, 0.717) is 73.7 Å². The van der Waals surface area contributed by atoms with Gasteiger partial charge >= 0.3 is 6.18 Å². The Morgan fingerprint density at radius 2 is 0.832 bits per heavy atom. The standard InChI is InChI=1S/C20H21F3N2OS.2C19H22N2OS.C18H17N3OS.C17H17ClN2O2S/c1-3-14-10-16(20(21,22)23)11-24-19(14)27-12-17(26)25-9-5-8-15-7-4-6-13(2)18(15)25;1-13-9-10-20-19(15(13)3)23-12-17(22)21-11-5-8-16-7-4-6-14(2)18(16)21;1-13-6-4-7-16-8-5-9-21(19(13)16)18(22)12-23-17-10-14(2)15(3)11-20-17;1-13-4-2-5-15-6-3-9-21(18(13)15)17(22)12-23-16-10-14(11-19)7-8-20-16;1-22-14-8-2-5-12-6-4-10-20(16(12)14)15(21)11-23-17-13(18)7-3-9-19-17/h4,6-7,10-11H,3,5,8-9,12H2,1-2H3;4,6-7,9-10H,5,8,11-12H2,1-3H3;4,6-7,10-11H,5,8-9,12H2,1-3H3;2,4-5,7-8,10H,3,6,9,12H2,1H3;2-3,5,7-9H,4,6,10-11H2,1H3. The van der Waals surface area contributed by atoms with Crippen molar-refractivity contribution in [3.05, 3.63) is 258 Å². The second-order valence-electron chi connectivity index (χ2n) is 29.5. The molecule has 0 aliphatic carbocycles. The molecule has 0 atom stereocenters. The molecule has 0 saturated carbocycles. The van der Waals surface area contributed by atoms with Crippen molar-refractivity contribution in [2.45, 2.75) is 164 Å². The summed E-state index contributed by atoms with van der Waals surface area (Å²) in [7, 11) is 1.63. The number of pyridine rings is 5. The van der Waals surface area contributed by atoms with Gasteiger partial charge in [-0.1, -0.05) is 162 Å². The molecule has 17 nitrogen and oxygen atoms in total. The zero-order valence-electron chi connectivity index (χ0n) is 68.9. The van der Waals surface area contributed by atoms with E-state index in [1.807, 2.05) is 81.4 Å². The number of carbonyl (C=O) groups excluding carboxylic acids is 5. The molecule has 5 aliphatic heterocycles. The predicted molar refractivity (Wildman–Crippen MR) is 479 cm³/mol. The lowest BCUT2D eigenvalue weighted by atomic mass is 9.98. The van der Waals surface area contributed by atoms with E-state index >= 15 is 0 Å². The smallest absolute Gasteiger partial charge is 0.417 e. The van der Waals surface area contributed by atoms with Crippen molar-refractivity contribution in [1.82, 2.24) is 24.9 Å². The van der Waals surface area contributed by atoms with Gasteiger partial charge < -0.3 is 29.2 Å². The molecule has 0 bridgehead atoms. The maximum absolute atomic E-state index is 12.9. The number of aryl methyl sites for hydroxylation is 13. The third-order valence-corrected chi connectivity index (χ3v) is 26.6. The molecule has 5 aliphatic rings. The summed E-state index contributed by atoms with van der Waals surface area (Å²) in [5, 5.41) is 13.2. The molecule has 10 aromatic rings. The summed E-state index contributed by atoms with van der Waals surface area (Å²) < 4.78 is 44.0. The average molecular weight is 1720 g/mol. The maximum atomic E-state index is 12.9. The maximum Gasteiger partial charge on any atom is 0.417 e. The quantitative estimate of drug-likeness (QED) is 0.0779. The molecule has 0 spiro atoms. The summed E-state index contributed by atoms with van der Waals surface area (Å²) in [6.07, 6.45) is 13.8. The highest BCUT2D eigenvalue weighted by Gasteiger charge is 2.34. The summed E-state index contributed by atoms with van der Waals surface area (Å²) in [6, 6.07) is 45.0. The first-order chi connectivity index (χ1) is 57.3. The van der Waals surface area contributed by atoms with E-state index in [-0.39, 0.29) is 35.3 Å². The number of halogens is 4. The summed E-state index contributed by atoms with van der Waals surface area (Å²) in [6.45, 7) is 22.0. The number of thioether (sulfide) groups is 5. The van der Waals surface area contributed by atoms with Crippen LogP contribution < -0.4 is 29.2 Å². The molecule has 0 N–H and O–H groups in total. The van der Waals surface area contributed by atoms with E-state index in [4.69, 9.17) is 21.6 Å². The molecule has 5 aromatic carbocycles. The van der Waals surface area contributed by atoms with Crippen molar-refractivity contribution in [3.8, 4) is 11.8 Å². The van der Waals surface area contributed by atoms with E-state index in [1.165, 1.54) is 103 Å². The zero-order valence-corrected chi connectivity index (χ0v) is 73.7. The minimum Gasteiger partial charge on any atom is -0.495 e. The van der Waals surface area contributed by atoms with E-state index in [0.717, 1.165) is 157 Å². The topological polar surface area (TPSA) is 199 Å². The lowest BCUT2D eigenvalue weighted by molar-refractivity contribution is -0.138. The molecule has 5 amide bonds. The molecule has 15 rings (SSSR count). The Kier molecular flexibility index (Phi) is 32.6. The number of para-hydroxylation sites is 5. The monoisotopic (exact) mass is 1720 g/mol. The number of ether oxygens (including phenoxy) is 1. The van der Waals surface area contributed by atoms with Crippen LogP contribution in [0.4, 0.5) is 41.6 Å². The van der Waals surface area contributed by atoms with Gasteiger partial charge in [0.15, 0.2) is 0 Å². The first-order valence-electron chi connectivity index (χ1n) is 39.9. The lowest BCUT2D eigenvalue weighted by Crippen LogP contribution is -2.37. The van der Waals surface area contributed by atoms with Gasteiger partial charge in [-0.3, -0.25) is 24.0 Å². The Bertz CT molecular complexity index is 5350. The molecule has 0 fully saturated rings. The van der Waals surface area contributed by atoms with Crippen molar-refractivity contribution in [2.24, 2.45) is 0 Å². The first kappa shape index (κ1) is 90.1. The van der Waals surface area contributed by atoms with Gasteiger partial charge in [-0.15, -0.1) is 0 Å². The molecule has 0 radical (unpaired) electrons. The van der Waals surface area contributed by atoms with Crippen LogP contribution >= 0.6 is 70.4 Å². The number of rotatable bonds is 17. The van der Waals surface area contributed by atoms with Crippen LogP contribution in [0.15, 0.2) is 190 Å². The minimum absolute atomic E-state index is 0.0426. The number of aromatic nitrogens is 5. The molecule has 5 aromatic heterocycles. The molecule has 119 heavy (non-hydrogen) atoms. The number of nitriles is 1. The van der Waals surface area contributed by atoms with Gasteiger partial charge in [0.25, 0.3) is 0 Å². The summed E-state index contributed by atoms with van der Waals surface area (Å²) in [5.41, 5.74) is 21.0. The number of benzene rings is 5. The molecular formula is C93H99ClF3N11O6S5. The van der Waals surface area contributed by atoms with Crippen LogP contribution in [0.5, 0.6) is 5.75 Å². The van der Waals surface area contributed by atoms with Crippen LogP contribution in [0, 0.1) is 66.7 Å². The van der Waals surface area contributed by atoms with E-state index in [2.05, 4.69) is 140 Å². The van der Waals surface area contributed by atoms with Crippen LogP contribution in [0.2, 0.25) is 5.02 Å². The normalized spacial score (nSPS) is 13.7. The fourth-order valence-corrected chi connectivity index (χ4v) is 19.5. The average Bonchev–Trinajstić information content (AvgIpc) is 0.707. The molecule has 10 heterocycles. The summed E-state index contributed by atoms with van der Waals surface area (Å²) >= 11 is 13.1. The highest BCUT2D eigenvalue weighted by atomic mass is 35.5.